The van der Waals surface area contributed by atoms with Crippen molar-refractivity contribution in [1.29, 1.82) is 0 Å². The van der Waals surface area contributed by atoms with Crippen molar-refractivity contribution >= 4 is 21.4 Å². The van der Waals surface area contributed by atoms with Crippen molar-refractivity contribution in [3.63, 3.8) is 0 Å². The molecule has 0 aliphatic rings. The predicted molar refractivity (Wildman–Crippen MR) is 69.8 cm³/mol. The second kappa shape index (κ2) is 5.46. The summed E-state index contributed by atoms with van der Waals surface area (Å²) in [7, 11) is 0. The first-order chi connectivity index (χ1) is 8.15. The van der Waals surface area contributed by atoms with Gasteiger partial charge in [0.2, 0.25) is 10.1 Å². The second-order valence-electron chi connectivity index (χ2n) is 4.22. The monoisotopic (exact) mass is 254 g/mol. The third-order valence-electron chi connectivity index (χ3n) is 2.21. The lowest BCUT2D eigenvalue weighted by Crippen LogP contribution is -2.09. The lowest BCUT2D eigenvalue weighted by Gasteiger charge is -2.06. The summed E-state index contributed by atoms with van der Waals surface area (Å²) >= 11 is 1.57. The molecule has 94 valence electrons. The van der Waals surface area contributed by atoms with Gasteiger partial charge in [-0.2, -0.15) is 0 Å². The number of nitrogens with zero attached hydrogens (tertiary/aromatic N) is 3. The Morgan fingerprint density at radius 1 is 1.53 bits per heavy atom. The van der Waals surface area contributed by atoms with Crippen LogP contribution in [0.3, 0.4) is 0 Å². The average molecular weight is 254 g/mol. The molecular formula is C11H18N4OS. The fraction of sp³-hybridized carbons (Fsp3) is 0.636. The number of hydrogen-bond donors (Lipinski definition) is 1. The summed E-state index contributed by atoms with van der Waals surface area (Å²) < 4.78 is 7.28. The molecule has 1 N–H and O–H groups in total. The van der Waals surface area contributed by atoms with Gasteiger partial charge in [-0.1, -0.05) is 11.3 Å². The Hall–Kier alpha value is -1.14. The van der Waals surface area contributed by atoms with Crippen LogP contribution in [0.1, 0.15) is 26.0 Å². The third-order valence-corrected chi connectivity index (χ3v) is 3.09. The average Bonchev–Trinajstić information content (AvgIpc) is 2.73. The van der Waals surface area contributed by atoms with Crippen LogP contribution in [0.4, 0.5) is 5.13 Å². The Labute approximate surface area is 105 Å². The largest absolute Gasteiger partial charge is 0.379 e. The van der Waals surface area contributed by atoms with Gasteiger partial charge >= 0.3 is 0 Å². The molecule has 0 atom stereocenters. The van der Waals surface area contributed by atoms with Gasteiger partial charge < -0.3 is 10.1 Å². The third kappa shape index (κ3) is 3.41. The van der Waals surface area contributed by atoms with Gasteiger partial charge in [0.15, 0.2) is 0 Å². The van der Waals surface area contributed by atoms with E-state index in [9.17, 15) is 0 Å². The van der Waals surface area contributed by atoms with Crippen molar-refractivity contribution in [1.82, 2.24) is 14.6 Å². The molecule has 2 aromatic heterocycles. The van der Waals surface area contributed by atoms with Crippen LogP contribution in [0.5, 0.6) is 0 Å². The minimum atomic E-state index is 0.307. The number of nitrogens with one attached hydrogen (secondary N) is 1. The van der Waals surface area contributed by atoms with E-state index in [0.717, 1.165) is 35.4 Å². The number of aromatic nitrogens is 3. The second-order valence-corrected chi connectivity index (χ2v) is 5.17. The van der Waals surface area contributed by atoms with E-state index in [2.05, 4.69) is 15.4 Å². The molecule has 0 spiro atoms. The highest BCUT2D eigenvalue weighted by Crippen LogP contribution is 2.18. The molecule has 0 aliphatic heterocycles. The summed E-state index contributed by atoms with van der Waals surface area (Å²) in [6.45, 7) is 7.73. The summed E-state index contributed by atoms with van der Waals surface area (Å²) in [6, 6.07) is 0. The van der Waals surface area contributed by atoms with E-state index in [-0.39, 0.29) is 0 Å². The van der Waals surface area contributed by atoms with Crippen molar-refractivity contribution in [2.24, 2.45) is 0 Å². The summed E-state index contributed by atoms with van der Waals surface area (Å²) in [4.78, 5) is 5.29. The van der Waals surface area contributed by atoms with Crippen LogP contribution in [-0.2, 0) is 4.74 Å². The topological polar surface area (TPSA) is 51.5 Å². The van der Waals surface area contributed by atoms with Crippen LogP contribution in [0, 0.1) is 6.92 Å². The van der Waals surface area contributed by atoms with Crippen molar-refractivity contribution in [3.05, 3.63) is 11.9 Å². The minimum Gasteiger partial charge on any atom is -0.379 e. The van der Waals surface area contributed by atoms with E-state index in [4.69, 9.17) is 4.74 Å². The Morgan fingerprint density at radius 2 is 2.35 bits per heavy atom. The van der Waals surface area contributed by atoms with Gasteiger partial charge in [-0.25, -0.2) is 9.50 Å². The first-order valence-electron chi connectivity index (χ1n) is 5.83. The number of fused-ring (bicyclic) bond motifs is 1. The van der Waals surface area contributed by atoms with Crippen LogP contribution in [0.15, 0.2) is 6.20 Å². The van der Waals surface area contributed by atoms with Gasteiger partial charge in [-0.15, -0.1) is 5.10 Å². The molecule has 0 saturated heterocycles. The minimum absolute atomic E-state index is 0.307. The highest BCUT2D eigenvalue weighted by atomic mass is 32.1. The van der Waals surface area contributed by atoms with Crippen LogP contribution in [0.2, 0.25) is 0 Å². The summed E-state index contributed by atoms with van der Waals surface area (Å²) in [5, 5.41) is 8.58. The summed E-state index contributed by atoms with van der Waals surface area (Å²) in [6.07, 6.45) is 3.22. The molecular weight excluding hydrogens is 236 g/mol. The van der Waals surface area contributed by atoms with Gasteiger partial charge in [0.25, 0.3) is 0 Å². The van der Waals surface area contributed by atoms with Gasteiger partial charge in [-0.05, 0) is 27.2 Å². The SMILES string of the molecule is Cc1cn2nc(NCCCOC(C)C)sc2n1. The number of hydrogen-bond acceptors (Lipinski definition) is 5. The molecule has 5 nitrogen and oxygen atoms in total. The van der Waals surface area contributed by atoms with E-state index in [1.54, 1.807) is 11.3 Å². The molecule has 0 amide bonds. The fourth-order valence-corrected chi connectivity index (χ4v) is 2.32. The Kier molecular flexibility index (Phi) is 3.96. The Morgan fingerprint density at radius 3 is 3.06 bits per heavy atom. The number of ether oxygens (including phenoxy) is 1. The van der Waals surface area contributed by atoms with Crippen molar-refractivity contribution in [3.8, 4) is 0 Å². The zero-order valence-electron chi connectivity index (χ0n) is 10.4. The van der Waals surface area contributed by atoms with Gasteiger partial charge in [0.1, 0.15) is 0 Å². The van der Waals surface area contributed by atoms with Crippen LogP contribution in [-0.4, -0.2) is 33.9 Å². The molecule has 0 fully saturated rings. The highest BCUT2D eigenvalue weighted by molar-refractivity contribution is 7.20. The smallest absolute Gasteiger partial charge is 0.214 e. The lowest BCUT2D eigenvalue weighted by molar-refractivity contribution is 0.0787. The van der Waals surface area contributed by atoms with Crippen molar-refractivity contribution in [2.75, 3.05) is 18.5 Å². The molecule has 0 saturated carbocycles. The molecule has 0 aliphatic carbocycles. The van der Waals surface area contributed by atoms with E-state index in [1.165, 1.54) is 0 Å². The molecule has 6 heteroatoms. The molecule has 0 bridgehead atoms. The molecule has 0 aromatic carbocycles. The maximum atomic E-state index is 5.46. The predicted octanol–water partition coefficient (Wildman–Crippen LogP) is 2.33. The van der Waals surface area contributed by atoms with Crippen LogP contribution < -0.4 is 5.32 Å². The molecule has 2 heterocycles. The van der Waals surface area contributed by atoms with E-state index >= 15 is 0 Å². The fourth-order valence-electron chi connectivity index (χ4n) is 1.47. The van der Waals surface area contributed by atoms with E-state index < -0.39 is 0 Å². The first kappa shape index (κ1) is 12.3. The number of imidazole rings is 1. The molecule has 17 heavy (non-hydrogen) atoms. The zero-order valence-corrected chi connectivity index (χ0v) is 11.3. The summed E-state index contributed by atoms with van der Waals surface area (Å²) in [5.41, 5.74) is 1.00. The number of anilines is 1. The number of rotatable bonds is 6. The van der Waals surface area contributed by atoms with Crippen LogP contribution >= 0.6 is 11.3 Å². The van der Waals surface area contributed by atoms with E-state index in [0.29, 0.717) is 6.10 Å². The Bertz CT molecular complexity index is 445. The first-order valence-corrected chi connectivity index (χ1v) is 6.65. The van der Waals surface area contributed by atoms with E-state index in [1.807, 2.05) is 31.5 Å². The van der Waals surface area contributed by atoms with Crippen molar-refractivity contribution in [2.45, 2.75) is 33.3 Å². The molecule has 0 radical (unpaired) electrons. The van der Waals surface area contributed by atoms with Gasteiger partial charge in [-0.3, -0.25) is 0 Å². The molecule has 2 aromatic rings. The normalized spacial score (nSPS) is 11.5. The quantitative estimate of drug-likeness (QED) is 0.804. The van der Waals surface area contributed by atoms with Gasteiger partial charge in [0, 0.05) is 13.2 Å². The van der Waals surface area contributed by atoms with Crippen molar-refractivity contribution < 1.29 is 4.74 Å². The lowest BCUT2D eigenvalue weighted by atomic mass is 10.4. The zero-order chi connectivity index (χ0) is 12.3. The Balaban J connectivity index is 1.77. The molecule has 0 unspecified atom stereocenters. The standard InChI is InChI=1S/C11H18N4OS/c1-8(2)16-6-4-5-12-10-14-15-7-9(3)13-11(15)17-10/h7-8H,4-6H2,1-3H3,(H,12,14). The maximum Gasteiger partial charge on any atom is 0.214 e. The number of aryl methyl sites for hydroxylation is 1. The van der Waals surface area contributed by atoms with Gasteiger partial charge in [0.05, 0.1) is 18.0 Å². The maximum absolute atomic E-state index is 5.46. The van der Waals surface area contributed by atoms with Crippen LogP contribution in [0.25, 0.3) is 4.96 Å². The molecule has 2 rings (SSSR count). The summed E-state index contributed by atoms with van der Waals surface area (Å²) in [5.74, 6) is 0. The highest BCUT2D eigenvalue weighted by Gasteiger charge is 2.05.